The number of allylic oxidation sites excluding steroid dienone is 4. The smallest absolute Gasteiger partial charge is 1.00 e. The monoisotopic (exact) mass is 431 g/mol. The van der Waals surface area contributed by atoms with Crippen molar-refractivity contribution in [2.75, 3.05) is 0 Å². The maximum absolute atomic E-state index is 2.36. The molecule has 2 aromatic rings. The first-order chi connectivity index (χ1) is 10.7. The second-order valence-corrected chi connectivity index (χ2v) is 7.91. The van der Waals surface area contributed by atoms with Gasteiger partial charge in [0.1, 0.15) is 0 Å². The molecule has 0 aromatic heterocycles. The van der Waals surface area contributed by atoms with Crippen LogP contribution in [-0.2, 0) is 24.7 Å². The summed E-state index contributed by atoms with van der Waals surface area (Å²) in [5.74, 6) is 0.563. The van der Waals surface area contributed by atoms with Gasteiger partial charge >= 0.3 is 148 Å². The Kier molecular flexibility index (Phi) is 6.35. The van der Waals surface area contributed by atoms with Crippen molar-refractivity contribution >= 4 is 5.57 Å². The molecule has 0 spiro atoms. The molecule has 4 rings (SSSR count). The minimum Gasteiger partial charge on any atom is -1.00 e. The van der Waals surface area contributed by atoms with Crippen LogP contribution in [0.15, 0.2) is 54.6 Å². The number of fused-ring (bicyclic) bond motifs is 3. The Hall–Kier alpha value is -0.617. The molecule has 0 nitrogen and oxygen atoms in total. The van der Waals surface area contributed by atoms with Gasteiger partial charge in [0.15, 0.2) is 0 Å². The van der Waals surface area contributed by atoms with Gasteiger partial charge in [-0.05, 0) is 0 Å². The van der Waals surface area contributed by atoms with Crippen molar-refractivity contribution in [1.29, 1.82) is 0 Å². The maximum atomic E-state index is 2.36. The fourth-order valence-corrected chi connectivity index (χ4v) is 5.15. The van der Waals surface area contributed by atoms with Gasteiger partial charge in [-0.15, -0.1) is 0 Å². The molecule has 0 aliphatic heterocycles. The van der Waals surface area contributed by atoms with E-state index in [-0.39, 0.29) is 24.8 Å². The third-order valence-corrected chi connectivity index (χ3v) is 6.32. The van der Waals surface area contributed by atoms with Gasteiger partial charge in [0.25, 0.3) is 0 Å². The minimum absolute atomic E-state index is 0. The topological polar surface area (TPSA) is 0 Å². The Morgan fingerprint density at radius 1 is 1.00 bits per heavy atom. The van der Waals surface area contributed by atoms with E-state index in [1.54, 1.807) is 30.3 Å². The first kappa shape index (κ1) is 19.7. The van der Waals surface area contributed by atoms with E-state index in [0.717, 1.165) is 6.42 Å². The van der Waals surface area contributed by atoms with Crippen molar-refractivity contribution in [3.05, 3.63) is 76.9 Å². The van der Waals surface area contributed by atoms with Crippen molar-refractivity contribution in [2.45, 2.75) is 29.8 Å². The molecule has 2 aromatic carbocycles. The Bertz CT molecular complexity index is 819. The average Bonchev–Trinajstić information content (AvgIpc) is 3.15. The standard InChI is InChI=1S/C21H19.2ClH.Zr/c1-14(2)17-11-12-19-18-10-6-5-9-16(18)13-20(19)21(17)15-7-3-4-8-15;;;/h3-7,9-14H,8H2,1-2H3;2*1H;/q;;;+2/p-2. The minimum atomic E-state index is 0. The van der Waals surface area contributed by atoms with E-state index >= 15 is 0 Å². The largest absolute Gasteiger partial charge is 1.00 e. The summed E-state index contributed by atoms with van der Waals surface area (Å²) in [5, 5.41) is 0. The molecule has 121 valence electrons. The van der Waals surface area contributed by atoms with Gasteiger partial charge in [0.2, 0.25) is 0 Å². The maximum Gasteiger partial charge on any atom is -1.00 e. The Morgan fingerprint density at radius 3 is 2.42 bits per heavy atom. The summed E-state index contributed by atoms with van der Waals surface area (Å²) in [5.41, 5.74) is 10.6. The van der Waals surface area contributed by atoms with Crippen LogP contribution in [0.2, 0.25) is 0 Å². The second-order valence-electron chi connectivity index (χ2n) is 6.49. The summed E-state index contributed by atoms with van der Waals surface area (Å²) in [4.78, 5) is 0. The second kappa shape index (κ2) is 7.73. The zero-order valence-electron chi connectivity index (χ0n) is 13.8. The fourth-order valence-electron chi connectivity index (χ4n) is 3.79. The molecule has 0 heterocycles. The molecule has 24 heavy (non-hydrogen) atoms. The normalized spacial score (nSPS) is 17.0. The van der Waals surface area contributed by atoms with Crippen molar-refractivity contribution in [2.24, 2.45) is 0 Å². The fraction of sp³-hybridized carbons (Fsp3) is 0.238. The Labute approximate surface area is 172 Å². The molecule has 0 fully saturated rings. The molecule has 0 bridgehead atoms. The molecule has 0 amide bonds. The summed E-state index contributed by atoms with van der Waals surface area (Å²) in [6.45, 7) is 4.63. The predicted molar refractivity (Wildman–Crippen MR) is 89.5 cm³/mol. The zero-order chi connectivity index (χ0) is 15.3. The van der Waals surface area contributed by atoms with E-state index in [1.807, 2.05) is 0 Å². The number of halogens is 2. The van der Waals surface area contributed by atoms with Crippen LogP contribution < -0.4 is 24.8 Å². The van der Waals surface area contributed by atoms with Gasteiger partial charge in [-0.2, -0.15) is 0 Å². The molecule has 0 saturated carbocycles. The van der Waals surface area contributed by atoms with Gasteiger partial charge in [-0.3, -0.25) is 0 Å². The van der Waals surface area contributed by atoms with Crippen LogP contribution in [0.3, 0.4) is 0 Å². The third-order valence-electron chi connectivity index (χ3n) is 4.84. The van der Waals surface area contributed by atoms with Crippen LogP contribution in [0.4, 0.5) is 0 Å². The Balaban J connectivity index is 0.00000104. The molecular weight excluding hydrogens is 414 g/mol. The van der Waals surface area contributed by atoms with Crippen LogP contribution in [-0.4, -0.2) is 0 Å². The summed E-state index contributed by atoms with van der Waals surface area (Å²) in [7, 11) is 0. The van der Waals surface area contributed by atoms with E-state index in [1.165, 1.54) is 33.4 Å². The van der Waals surface area contributed by atoms with Crippen molar-refractivity contribution in [3.63, 3.8) is 0 Å². The molecule has 1 unspecified atom stereocenters. The van der Waals surface area contributed by atoms with Gasteiger partial charge in [0.05, 0.1) is 0 Å². The number of hydrogen-bond acceptors (Lipinski definition) is 0. The SMILES string of the molecule is CC(C)c1ccc2c(c1C1=CC=CC1)[CH]([Zr+2])c1ccccc1-2.[Cl-].[Cl-]. The van der Waals surface area contributed by atoms with Crippen molar-refractivity contribution in [3.8, 4) is 11.1 Å². The van der Waals surface area contributed by atoms with Crippen LogP contribution >= 0.6 is 0 Å². The Morgan fingerprint density at radius 2 is 1.75 bits per heavy atom. The predicted octanol–water partition coefficient (Wildman–Crippen LogP) is -0.222. The molecule has 1 atom stereocenters. The molecule has 0 saturated heterocycles. The molecule has 2 aliphatic carbocycles. The van der Waals surface area contributed by atoms with Gasteiger partial charge in [-0.25, -0.2) is 0 Å². The van der Waals surface area contributed by atoms with Gasteiger partial charge in [-0.1, -0.05) is 0 Å². The first-order valence-electron chi connectivity index (χ1n) is 8.01. The van der Waals surface area contributed by atoms with Crippen molar-refractivity contribution in [1.82, 2.24) is 0 Å². The van der Waals surface area contributed by atoms with Crippen LogP contribution in [0, 0.1) is 0 Å². The first-order valence-corrected chi connectivity index (χ1v) is 9.43. The van der Waals surface area contributed by atoms with Crippen molar-refractivity contribution < 1.29 is 49.5 Å². The van der Waals surface area contributed by atoms with Gasteiger partial charge < -0.3 is 24.8 Å². The average molecular weight is 434 g/mol. The van der Waals surface area contributed by atoms with E-state index in [9.17, 15) is 0 Å². The van der Waals surface area contributed by atoms with E-state index in [4.69, 9.17) is 0 Å². The summed E-state index contributed by atoms with van der Waals surface area (Å²) in [6, 6.07) is 13.7. The summed E-state index contributed by atoms with van der Waals surface area (Å²) >= 11 is 1.59. The van der Waals surface area contributed by atoms with Crippen LogP contribution in [0.1, 0.15) is 52.1 Å². The number of benzene rings is 2. The quantitative estimate of drug-likeness (QED) is 0.615. The van der Waals surface area contributed by atoms with E-state index < -0.39 is 0 Å². The molecule has 0 N–H and O–H groups in total. The number of rotatable bonds is 2. The molecule has 2 aliphatic rings. The molecular formula is C21H19Cl2Zr. The summed E-state index contributed by atoms with van der Waals surface area (Å²) in [6.07, 6.45) is 7.88. The summed E-state index contributed by atoms with van der Waals surface area (Å²) < 4.78 is 0.577. The van der Waals surface area contributed by atoms with Crippen LogP contribution in [0.25, 0.3) is 16.7 Å². The molecule has 0 radical (unpaired) electrons. The molecule has 3 heteroatoms. The van der Waals surface area contributed by atoms with E-state index in [2.05, 4.69) is 68.5 Å². The van der Waals surface area contributed by atoms with E-state index in [0.29, 0.717) is 9.54 Å². The number of hydrogen-bond donors (Lipinski definition) is 0. The van der Waals surface area contributed by atoms with Gasteiger partial charge in [0, 0.05) is 0 Å². The zero-order valence-corrected chi connectivity index (χ0v) is 17.8. The third kappa shape index (κ3) is 3.00. The van der Waals surface area contributed by atoms with Crippen LogP contribution in [0.5, 0.6) is 0 Å².